The van der Waals surface area contributed by atoms with Gasteiger partial charge in [0.1, 0.15) is 6.61 Å². The Bertz CT molecular complexity index is 844. The van der Waals surface area contributed by atoms with Crippen LogP contribution in [0, 0.1) is 0 Å². The van der Waals surface area contributed by atoms with Gasteiger partial charge in [0, 0.05) is 30.5 Å². The lowest BCUT2D eigenvalue weighted by Gasteiger charge is -2.30. The smallest absolute Gasteiger partial charge is 0.255 e. The van der Waals surface area contributed by atoms with E-state index in [1.165, 1.54) is 0 Å². The molecule has 3 heterocycles. The van der Waals surface area contributed by atoms with Crippen molar-refractivity contribution in [3.05, 3.63) is 47.7 Å². The third-order valence-electron chi connectivity index (χ3n) is 4.76. The van der Waals surface area contributed by atoms with Crippen LogP contribution in [0.2, 0.25) is 0 Å². The Morgan fingerprint density at radius 2 is 1.77 bits per heavy atom. The molecule has 26 heavy (non-hydrogen) atoms. The van der Waals surface area contributed by atoms with Crippen LogP contribution in [0.4, 0.5) is 11.5 Å². The number of aromatic nitrogens is 1. The number of hydrogen-bond donors (Lipinski definition) is 1. The molecule has 2 amide bonds. The Morgan fingerprint density at radius 3 is 2.46 bits per heavy atom. The van der Waals surface area contributed by atoms with Gasteiger partial charge in [-0.3, -0.25) is 9.59 Å². The summed E-state index contributed by atoms with van der Waals surface area (Å²) >= 11 is 0. The van der Waals surface area contributed by atoms with Gasteiger partial charge in [-0.15, -0.1) is 0 Å². The molecule has 0 bridgehead atoms. The summed E-state index contributed by atoms with van der Waals surface area (Å²) in [6.07, 6.45) is 3.71. The minimum absolute atomic E-state index is 0.00401. The minimum Gasteiger partial charge on any atom is -0.488 e. The summed E-state index contributed by atoms with van der Waals surface area (Å²) in [5.74, 6) is 0.813. The zero-order chi connectivity index (χ0) is 18.1. The fraction of sp³-hybridized carbons (Fsp3) is 0.316. The molecule has 1 aromatic carbocycles. The minimum atomic E-state index is -0.456. The van der Waals surface area contributed by atoms with Crippen molar-refractivity contribution in [3.63, 3.8) is 0 Å². The van der Waals surface area contributed by atoms with E-state index >= 15 is 0 Å². The standard InChI is InChI=1S/C19H20N4O3/c20-17(24)13-3-5-15(6-4-13)23-9-10-26-16-11-14(12-21-18(16)23)19(25)22-7-1-2-8-22/h3-6,11-12H,1-2,7-10H2,(H2,20,24). The molecule has 7 heteroatoms. The number of pyridine rings is 1. The molecule has 2 aromatic rings. The van der Waals surface area contributed by atoms with E-state index < -0.39 is 5.91 Å². The van der Waals surface area contributed by atoms with E-state index in [4.69, 9.17) is 10.5 Å². The highest BCUT2D eigenvalue weighted by Gasteiger charge is 2.25. The Balaban J connectivity index is 1.62. The molecule has 7 nitrogen and oxygen atoms in total. The second-order valence-corrected chi connectivity index (χ2v) is 6.46. The van der Waals surface area contributed by atoms with Crippen LogP contribution in [0.25, 0.3) is 0 Å². The number of nitrogens with two attached hydrogens (primary N) is 1. The van der Waals surface area contributed by atoms with Crippen LogP contribution in [0.1, 0.15) is 33.6 Å². The third kappa shape index (κ3) is 2.96. The van der Waals surface area contributed by atoms with Crippen LogP contribution >= 0.6 is 0 Å². The lowest BCUT2D eigenvalue weighted by Crippen LogP contribution is -2.31. The van der Waals surface area contributed by atoms with Gasteiger partial charge in [-0.05, 0) is 43.2 Å². The molecule has 0 aliphatic carbocycles. The monoisotopic (exact) mass is 352 g/mol. The number of nitrogens with zero attached hydrogens (tertiary/aromatic N) is 3. The Morgan fingerprint density at radius 1 is 1.04 bits per heavy atom. The van der Waals surface area contributed by atoms with Gasteiger partial charge >= 0.3 is 0 Å². The topological polar surface area (TPSA) is 88.8 Å². The Hall–Kier alpha value is -3.09. The van der Waals surface area contributed by atoms with Crippen molar-refractivity contribution in [2.45, 2.75) is 12.8 Å². The highest BCUT2D eigenvalue weighted by molar-refractivity contribution is 5.95. The van der Waals surface area contributed by atoms with Crippen molar-refractivity contribution < 1.29 is 14.3 Å². The maximum absolute atomic E-state index is 12.6. The molecule has 2 aliphatic heterocycles. The number of primary amides is 1. The normalized spacial score (nSPS) is 16.2. The first kappa shape index (κ1) is 16.4. The molecule has 1 aromatic heterocycles. The molecule has 0 atom stereocenters. The summed E-state index contributed by atoms with van der Waals surface area (Å²) in [6, 6.07) is 8.82. The van der Waals surface area contributed by atoms with Crippen LogP contribution < -0.4 is 15.4 Å². The number of ether oxygens (including phenoxy) is 1. The van der Waals surface area contributed by atoms with Crippen LogP contribution in [-0.2, 0) is 0 Å². The van der Waals surface area contributed by atoms with Gasteiger partial charge in [0.15, 0.2) is 11.6 Å². The number of fused-ring (bicyclic) bond motifs is 1. The van der Waals surface area contributed by atoms with E-state index in [2.05, 4.69) is 4.98 Å². The summed E-state index contributed by atoms with van der Waals surface area (Å²) in [5, 5.41) is 0. The lowest BCUT2D eigenvalue weighted by atomic mass is 10.1. The van der Waals surface area contributed by atoms with E-state index in [0.717, 1.165) is 31.6 Å². The fourth-order valence-electron chi connectivity index (χ4n) is 3.38. The van der Waals surface area contributed by atoms with Gasteiger partial charge in [-0.1, -0.05) is 0 Å². The molecule has 1 fully saturated rings. The van der Waals surface area contributed by atoms with E-state index in [1.54, 1.807) is 24.4 Å². The predicted molar refractivity (Wildman–Crippen MR) is 96.8 cm³/mol. The molecule has 1 saturated heterocycles. The summed E-state index contributed by atoms with van der Waals surface area (Å²) in [6.45, 7) is 2.73. The van der Waals surface area contributed by atoms with Gasteiger partial charge in [-0.2, -0.15) is 0 Å². The second-order valence-electron chi connectivity index (χ2n) is 6.46. The van der Waals surface area contributed by atoms with Crippen LogP contribution in [0.3, 0.4) is 0 Å². The molecule has 0 unspecified atom stereocenters. The fourth-order valence-corrected chi connectivity index (χ4v) is 3.38. The SMILES string of the molecule is NC(=O)c1ccc(N2CCOc3cc(C(=O)N4CCCC4)cnc32)cc1. The van der Waals surface area contributed by atoms with Crippen molar-refractivity contribution in [3.8, 4) is 5.75 Å². The van der Waals surface area contributed by atoms with Crippen molar-refractivity contribution in [2.75, 3.05) is 31.1 Å². The molecule has 0 radical (unpaired) electrons. The van der Waals surface area contributed by atoms with Gasteiger partial charge < -0.3 is 20.3 Å². The largest absolute Gasteiger partial charge is 0.488 e. The van der Waals surface area contributed by atoms with E-state index in [9.17, 15) is 9.59 Å². The predicted octanol–water partition coefficient (Wildman–Crippen LogP) is 1.95. The molecule has 4 rings (SSSR count). The number of carbonyl (C=O) groups excluding carboxylic acids is 2. The first-order valence-corrected chi connectivity index (χ1v) is 8.73. The van der Waals surface area contributed by atoms with Crippen molar-refractivity contribution in [1.82, 2.24) is 9.88 Å². The van der Waals surface area contributed by atoms with Crippen LogP contribution in [-0.4, -0.2) is 47.9 Å². The molecule has 0 spiro atoms. The van der Waals surface area contributed by atoms with Crippen molar-refractivity contribution in [2.24, 2.45) is 5.73 Å². The highest BCUT2D eigenvalue weighted by Crippen LogP contribution is 2.35. The average Bonchev–Trinajstić information content (AvgIpc) is 3.21. The highest BCUT2D eigenvalue weighted by atomic mass is 16.5. The number of likely N-dealkylation sites (tertiary alicyclic amines) is 1. The lowest BCUT2D eigenvalue weighted by molar-refractivity contribution is 0.0791. The third-order valence-corrected chi connectivity index (χ3v) is 4.76. The summed E-state index contributed by atoms with van der Waals surface area (Å²) < 4.78 is 5.74. The van der Waals surface area contributed by atoms with E-state index in [-0.39, 0.29) is 5.91 Å². The number of anilines is 2. The van der Waals surface area contributed by atoms with Crippen molar-refractivity contribution in [1.29, 1.82) is 0 Å². The molecule has 2 aliphatic rings. The Labute approximate surface area is 151 Å². The number of benzene rings is 1. The van der Waals surface area contributed by atoms with E-state index in [1.807, 2.05) is 21.9 Å². The molecule has 0 saturated carbocycles. The first-order valence-electron chi connectivity index (χ1n) is 8.73. The zero-order valence-electron chi connectivity index (χ0n) is 14.4. The number of carbonyl (C=O) groups is 2. The average molecular weight is 352 g/mol. The van der Waals surface area contributed by atoms with Gasteiger partial charge in [0.2, 0.25) is 5.91 Å². The second kappa shape index (κ2) is 6.67. The molecular formula is C19H20N4O3. The quantitative estimate of drug-likeness (QED) is 0.912. The zero-order valence-corrected chi connectivity index (χ0v) is 14.4. The molecule has 134 valence electrons. The van der Waals surface area contributed by atoms with Gasteiger partial charge in [0.05, 0.1) is 12.1 Å². The van der Waals surface area contributed by atoms with Crippen LogP contribution in [0.5, 0.6) is 5.75 Å². The van der Waals surface area contributed by atoms with Gasteiger partial charge in [-0.25, -0.2) is 4.98 Å². The number of amides is 2. The number of rotatable bonds is 3. The summed E-state index contributed by atoms with van der Waals surface area (Å²) in [5.41, 5.74) is 7.20. The maximum Gasteiger partial charge on any atom is 0.255 e. The Kier molecular flexibility index (Phi) is 4.20. The molecule has 2 N–H and O–H groups in total. The van der Waals surface area contributed by atoms with E-state index in [0.29, 0.717) is 35.8 Å². The summed E-state index contributed by atoms with van der Waals surface area (Å²) in [7, 11) is 0. The maximum atomic E-state index is 12.6. The van der Waals surface area contributed by atoms with Crippen LogP contribution in [0.15, 0.2) is 36.5 Å². The van der Waals surface area contributed by atoms with Gasteiger partial charge in [0.25, 0.3) is 5.91 Å². The first-order chi connectivity index (χ1) is 12.6. The van der Waals surface area contributed by atoms with Crippen molar-refractivity contribution >= 4 is 23.3 Å². The summed E-state index contributed by atoms with van der Waals surface area (Å²) in [4.78, 5) is 32.1. The molecular weight excluding hydrogens is 332 g/mol. The number of hydrogen-bond acceptors (Lipinski definition) is 5.